The number of aromatic nitrogens is 2. The molecule has 0 bridgehead atoms. The number of nitrogens with one attached hydrogen (secondary N) is 1. The first-order valence-electron chi connectivity index (χ1n) is 8.61. The van der Waals surface area contributed by atoms with Crippen molar-refractivity contribution < 1.29 is 4.74 Å². The minimum absolute atomic E-state index is 0.0884. The summed E-state index contributed by atoms with van der Waals surface area (Å²) in [5.74, 6) is 1.00. The molecular weight excluding hydrogens is 429 g/mol. The van der Waals surface area contributed by atoms with Crippen molar-refractivity contribution in [3.63, 3.8) is 0 Å². The molecule has 1 N–H and O–H groups in total. The Kier molecular flexibility index (Phi) is 6.11. The molecule has 1 aliphatic heterocycles. The van der Waals surface area contributed by atoms with Gasteiger partial charge in [-0.05, 0) is 32.0 Å². The van der Waals surface area contributed by atoms with E-state index in [-0.39, 0.29) is 11.0 Å². The quantitative estimate of drug-likeness (QED) is 0.538. The van der Waals surface area contributed by atoms with E-state index in [2.05, 4.69) is 62.6 Å². The monoisotopic (exact) mass is 453 g/mol. The van der Waals surface area contributed by atoms with E-state index in [0.29, 0.717) is 12.2 Å². The maximum absolute atomic E-state index is 11.8. The molecule has 6 heteroatoms. The summed E-state index contributed by atoms with van der Waals surface area (Å²) in [6, 6.07) is 8.26. The average Bonchev–Trinajstić information content (AvgIpc) is 2.64. The normalized spacial score (nSPS) is 17.4. The van der Waals surface area contributed by atoms with Crippen LogP contribution in [0, 0.1) is 5.41 Å². The Bertz CT molecular complexity index is 754. The maximum atomic E-state index is 11.8. The molecule has 2 heterocycles. The molecule has 0 aliphatic carbocycles. The number of nitrogens with zero attached hydrogens (tertiary/aromatic N) is 2. The Hall–Kier alpha value is -1.41. The van der Waals surface area contributed by atoms with E-state index in [4.69, 9.17) is 4.74 Å². The van der Waals surface area contributed by atoms with Gasteiger partial charge in [-0.25, -0.2) is 0 Å². The first-order valence-corrected chi connectivity index (χ1v) is 10.1. The molecule has 1 saturated heterocycles. The van der Waals surface area contributed by atoms with Crippen LogP contribution < -0.4 is 10.3 Å². The third-order valence-electron chi connectivity index (χ3n) is 4.91. The van der Waals surface area contributed by atoms with Crippen LogP contribution in [0.25, 0.3) is 0 Å². The average molecular weight is 453 g/mol. The van der Waals surface area contributed by atoms with Gasteiger partial charge >= 0.3 is 0 Å². The van der Waals surface area contributed by atoms with Crippen molar-refractivity contribution >= 4 is 22.6 Å². The van der Waals surface area contributed by atoms with Gasteiger partial charge in [0.05, 0.1) is 6.61 Å². The largest absolute Gasteiger partial charge is 0.493 e. The van der Waals surface area contributed by atoms with Gasteiger partial charge in [0.2, 0.25) is 0 Å². The smallest absolute Gasteiger partial charge is 0.270 e. The second-order valence-electron chi connectivity index (χ2n) is 6.98. The van der Waals surface area contributed by atoms with Gasteiger partial charge in [0.1, 0.15) is 11.4 Å². The second-order valence-corrected chi connectivity index (χ2v) is 7.74. The van der Waals surface area contributed by atoms with Crippen molar-refractivity contribution in [3.05, 3.63) is 58.3 Å². The summed E-state index contributed by atoms with van der Waals surface area (Å²) in [6.45, 7) is 5.57. The summed E-state index contributed by atoms with van der Waals surface area (Å²) in [5.41, 5.74) is 1.93. The van der Waals surface area contributed by atoms with E-state index in [9.17, 15) is 4.79 Å². The Morgan fingerprint density at radius 3 is 2.80 bits per heavy atom. The van der Waals surface area contributed by atoms with Crippen LogP contribution in [0.4, 0.5) is 0 Å². The molecule has 1 aliphatic rings. The number of para-hydroxylation sites is 1. The van der Waals surface area contributed by atoms with Gasteiger partial charge in [0.25, 0.3) is 5.56 Å². The van der Waals surface area contributed by atoms with Crippen LogP contribution in [0.2, 0.25) is 0 Å². The van der Waals surface area contributed by atoms with Crippen molar-refractivity contribution in [1.82, 2.24) is 14.9 Å². The minimum Gasteiger partial charge on any atom is -0.493 e. The molecule has 0 radical (unpaired) electrons. The molecule has 5 nitrogen and oxygen atoms in total. The SMILES string of the molecule is CC1(COc2ccccc2CI)CCN(Cc2ncc[nH]c2=O)CC1. The van der Waals surface area contributed by atoms with Crippen molar-refractivity contribution in [3.8, 4) is 5.75 Å². The molecule has 0 amide bonds. The molecule has 1 aromatic carbocycles. The fraction of sp³-hybridized carbons (Fsp3) is 0.474. The summed E-state index contributed by atoms with van der Waals surface area (Å²) in [6.07, 6.45) is 5.33. The van der Waals surface area contributed by atoms with Gasteiger partial charge in [-0.2, -0.15) is 0 Å². The van der Waals surface area contributed by atoms with Gasteiger partial charge in [0, 0.05) is 34.3 Å². The van der Waals surface area contributed by atoms with Crippen molar-refractivity contribution in [2.24, 2.45) is 5.41 Å². The highest BCUT2D eigenvalue weighted by atomic mass is 127. The van der Waals surface area contributed by atoms with Crippen molar-refractivity contribution in [2.75, 3.05) is 19.7 Å². The number of likely N-dealkylation sites (tertiary alicyclic amines) is 1. The molecule has 25 heavy (non-hydrogen) atoms. The maximum Gasteiger partial charge on any atom is 0.270 e. The lowest BCUT2D eigenvalue weighted by atomic mass is 9.81. The van der Waals surface area contributed by atoms with Crippen LogP contribution in [-0.2, 0) is 11.0 Å². The molecule has 2 aromatic rings. The van der Waals surface area contributed by atoms with E-state index >= 15 is 0 Å². The van der Waals surface area contributed by atoms with E-state index in [1.54, 1.807) is 12.4 Å². The molecule has 0 atom stereocenters. The third-order valence-corrected chi connectivity index (χ3v) is 5.73. The zero-order valence-electron chi connectivity index (χ0n) is 14.5. The van der Waals surface area contributed by atoms with Crippen LogP contribution in [-0.4, -0.2) is 34.6 Å². The topological polar surface area (TPSA) is 58.2 Å². The highest BCUT2D eigenvalue weighted by molar-refractivity contribution is 14.1. The lowest BCUT2D eigenvalue weighted by Gasteiger charge is -2.39. The molecule has 0 saturated carbocycles. The van der Waals surface area contributed by atoms with Crippen molar-refractivity contribution in [2.45, 2.75) is 30.7 Å². The first kappa shape index (κ1) is 18.4. The summed E-state index contributed by atoms with van der Waals surface area (Å²) in [7, 11) is 0. The second kappa shape index (κ2) is 8.31. The van der Waals surface area contributed by atoms with Crippen LogP contribution >= 0.6 is 22.6 Å². The van der Waals surface area contributed by atoms with Crippen LogP contribution in [0.5, 0.6) is 5.75 Å². The van der Waals surface area contributed by atoms with Gasteiger partial charge in [-0.15, -0.1) is 0 Å². The fourth-order valence-electron chi connectivity index (χ4n) is 3.11. The molecule has 0 unspecified atom stereocenters. The predicted molar refractivity (Wildman–Crippen MR) is 107 cm³/mol. The zero-order chi connectivity index (χ0) is 17.7. The van der Waals surface area contributed by atoms with E-state index in [1.165, 1.54) is 5.56 Å². The minimum atomic E-state index is -0.0884. The Balaban J connectivity index is 1.54. The number of piperidine rings is 1. The predicted octanol–water partition coefficient (Wildman–Crippen LogP) is 3.39. The fourth-order valence-corrected chi connectivity index (χ4v) is 3.74. The molecule has 1 aromatic heterocycles. The number of ether oxygens (including phenoxy) is 1. The molecule has 0 spiro atoms. The number of H-pyrrole nitrogens is 1. The van der Waals surface area contributed by atoms with Crippen LogP contribution in [0.15, 0.2) is 41.5 Å². The summed E-state index contributed by atoms with van der Waals surface area (Å²) in [4.78, 5) is 21.0. The third kappa shape index (κ3) is 4.82. The standard InChI is InChI=1S/C19H24IN3O2/c1-19(14-25-17-5-3-2-4-15(17)12-20)6-10-23(11-7-19)13-16-18(24)22-9-8-21-16/h2-5,8-9H,6-7,10-14H2,1H3,(H,22,24). The number of rotatable bonds is 6. The lowest BCUT2D eigenvalue weighted by Crippen LogP contribution is -2.42. The van der Waals surface area contributed by atoms with E-state index < -0.39 is 0 Å². The van der Waals surface area contributed by atoms with Gasteiger partial charge < -0.3 is 9.72 Å². The number of benzene rings is 1. The number of hydrogen-bond acceptors (Lipinski definition) is 4. The zero-order valence-corrected chi connectivity index (χ0v) is 16.7. The molecule has 134 valence electrons. The van der Waals surface area contributed by atoms with E-state index in [1.807, 2.05) is 6.07 Å². The van der Waals surface area contributed by atoms with Gasteiger partial charge in [-0.1, -0.05) is 47.7 Å². The molecular formula is C19H24IN3O2. The number of halogens is 1. The Morgan fingerprint density at radius 1 is 1.32 bits per heavy atom. The molecule has 3 rings (SSSR count). The van der Waals surface area contributed by atoms with Crippen LogP contribution in [0.3, 0.4) is 0 Å². The summed E-state index contributed by atoms with van der Waals surface area (Å²) >= 11 is 2.37. The number of aromatic amines is 1. The van der Waals surface area contributed by atoms with Crippen molar-refractivity contribution in [1.29, 1.82) is 0 Å². The molecule has 1 fully saturated rings. The van der Waals surface area contributed by atoms with Gasteiger partial charge in [-0.3, -0.25) is 14.7 Å². The van der Waals surface area contributed by atoms with Crippen LogP contribution in [0.1, 0.15) is 31.0 Å². The van der Waals surface area contributed by atoms with Gasteiger partial charge in [0.15, 0.2) is 0 Å². The highest BCUT2D eigenvalue weighted by Gasteiger charge is 2.31. The number of hydrogen-bond donors (Lipinski definition) is 1. The number of alkyl halides is 1. The summed E-state index contributed by atoms with van der Waals surface area (Å²) < 4.78 is 7.11. The van der Waals surface area contributed by atoms with E-state index in [0.717, 1.165) is 42.7 Å². The summed E-state index contributed by atoms with van der Waals surface area (Å²) in [5, 5.41) is 0. The first-order chi connectivity index (χ1) is 12.1. The Labute approximate surface area is 162 Å². The Morgan fingerprint density at radius 2 is 2.08 bits per heavy atom. The lowest BCUT2D eigenvalue weighted by molar-refractivity contribution is 0.0646. The highest BCUT2D eigenvalue weighted by Crippen LogP contribution is 2.33.